The molecule has 0 bridgehead atoms. The Bertz CT molecular complexity index is 1430. The molecule has 2 heterocycles. The monoisotopic (exact) mass is 430 g/mol. The molecule has 0 atom stereocenters. The minimum absolute atomic E-state index is 0.111. The Labute approximate surface area is 183 Å². The molecule has 12 heteroatoms. The van der Waals surface area contributed by atoms with E-state index in [1.54, 1.807) is 0 Å². The molecule has 4 rings (SSSR count). The van der Waals surface area contributed by atoms with E-state index in [4.69, 9.17) is 23.5 Å². The lowest BCUT2D eigenvalue weighted by molar-refractivity contribution is -0.116. The van der Waals surface area contributed by atoms with Gasteiger partial charge in [-0.15, -0.1) is 0 Å². The van der Waals surface area contributed by atoms with Gasteiger partial charge in [0.1, 0.15) is 17.5 Å². The van der Waals surface area contributed by atoms with Gasteiger partial charge in [-0.2, -0.15) is 5.10 Å². The van der Waals surface area contributed by atoms with E-state index in [-0.39, 0.29) is 35.1 Å². The Morgan fingerprint density at radius 2 is 1.72 bits per heavy atom. The molecule has 0 saturated carbocycles. The Kier molecular flexibility index (Phi) is 5.40. The minimum atomic E-state index is -1.92. The van der Waals surface area contributed by atoms with Crippen LogP contribution in [0.4, 0.5) is 18.9 Å². The molecule has 0 saturated heterocycles. The Morgan fingerprint density at radius 3 is 2.41 bits per heavy atom. The summed E-state index contributed by atoms with van der Waals surface area (Å²) < 4.78 is 43.1. The molecule has 2 aromatic carbocycles. The molecule has 0 aliphatic carbocycles. The normalized spacial score (nSPS) is 11.8. The lowest BCUT2D eigenvalue weighted by Crippen LogP contribution is -2.36. The average molecular weight is 430 g/mol. The topological polar surface area (TPSA) is 68.9 Å². The number of hydrogen-bond acceptors (Lipinski definition) is 3. The zero-order valence-electron chi connectivity index (χ0n) is 16.5. The predicted octanol–water partition coefficient (Wildman–Crippen LogP) is 1.87. The van der Waals surface area contributed by atoms with Crippen LogP contribution in [-0.4, -0.2) is 43.8 Å². The van der Waals surface area contributed by atoms with Gasteiger partial charge in [-0.3, -0.25) is 14.3 Å². The van der Waals surface area contributed by atoms with Crippen molar-refractivity contribution >= 4 is 56.9 Å². The number of nitrogens with one attached hydrogen (secondary N) is 1. The maximum Gasteiger partial charge on any atom is 0.262 e. The van der Waals surface area contributed by atoms with Crippen molar-refractivity contribution < 1.29 is 18.0 Å². The molecule has 1 amide bonds. The quantitative estimate of drug-likeness (QED) is 0.492. The SMILES string of the molecule is [B]C([B])([B])n1ncc2c(=O)n(CCC(=O)Nc3ccc(F)cc3F)c3cc(F)ccc3c21. The van der Waals surface area contributed by atoms with Crippen molar-refractivity contribution in [1.82, 2.24) is 14.3 Å². The first-order valence-corrected chi connectivity index (χ1v) is 9.38. The number of hydrogen-bond donors (Lipinski definition) is 1. The second kappa shape index (κ2) is 7.92. The van der Waals surface area contributed by atoms with Crippen molar-refractivity contribution in [3.05, 3.63) is 70.4 Å². The highest BCUT2D eigenvalue weighted by atomic mass is 19.1. The molecule has 0 spiro atoms. The number of carbonyl (C=O) groups is 1. The molecular formula is C20H12B3F3N4O2. The number of amides is 1. The summed E-state index contributed by atoms with van der Waals surface area (Å²) in [4.78, 5) is 25.4. The molecule has 4 aromatic rings. The van der Waals surface area contributed by atoms with Gasteiger partial charge in [0, 0.05) is 24.4 Å². The van der Waals surface area contributed by atoms with Crippen molar-refractivity contribution in [3.8, 4) is 0 Å². The molecule has 0 aliphatic heterocycles. The van der Waals surface area contributed by atoms with Crippen molar-refractivity contribution in [2.24, 2.45) is 0 Å². The van der Waals surface area contributed by atoms with Gasteiger partial charge in [0.2, 0.25) is 5.91 Å². The fourth-order valence-electron chi connectivity index (χ4n) is 3.48. The number of benzene rings is 2. The lowest BCUT2D eigenvalue weighted by atomic mass is 9.49. The summed E-state index contributed by atoms with van der Waals surface area (Å²) in [5, 5.41) is 4.88. The molecule has 0 aliphatic rings. The predicted molar refractivity (Wildman–Crippen MR) is 116 cm³/mol. The van der Waals surface area contributed by atoms with Gasteiger partial charge in [-0.1, -0.05) is 0 Å². The van der Waals surface area contributed by atoms with Crippen LogP contribution in [0.2, 0.25) is 0 Å². The number of fused-ring (bicyclic) bond motifs is 3. The largest absolute Gasteiger partial charge is 0.324 e. The molecule has 6 nitrogen and oxygen atoms in total. The fourth-order valence-corrected chi connectivity index (χ4v) is 3.48. The van der Waals surface area contributed by atoms with E-state index in [0.717, 1.165) is 22.9 Å². The first-order valence-electron chi connectivity index (χ1n) is 9.38. The fraction of sp³-hybridized carbons (Fsp3) is 0.150. The van der Waals surface area contributed by atoms with Crippen LogP contribution in [0.3, 0.4) is 0 Å². The number of anilines is 1. The molecule has 6 radical (unpaired) electrons. The van der Waals surface area contributed by atoms with E-state index in [0.29, 0.717) is 11.5 Å². The summed E-state index contributed by atoms with van der Waals surface area (Å²) in [6.07, 6.45) is 0.975. The molecule has 154 valence electrons. The van der Waals surface area contributed by atoms with E-state index in [9.17, 15) is 22.8 Å². The van der Waals surface area contributed by atoms with Crippen molar-refractivity contribution in [1.29, 1.82) is 0 Å². The summed E-state index contributed by atoms with van der Waals surface area (Å²) in [6, 6.07) is 6.44. The van der Waals surface area contributed by atoms with Crippen LogP contribution in [0.15, 0.2) is 47.4 Å². The van der Waals surface area contributed by atoms with Crippen LogP contribution in [-0.2, 0) is 16.6 Å². The van der Waals surface area contributed by atoms with Crippen molar-refractivity contribution in [3.63, 3.8) is 0 Å². The van der Waals surface area contributed by atoms with Gasteiger partial charge in [0.25, 0.3) is 5.56 Å². The molecule has 1 N–H and O–H groups in total. The van der Waals surface area contributed by atoms with E-state index >= 15 is 0 Å². The van der Waals surface area contributed by atoms with Gasteiger partial charge in [0.15, 0.2) is 0 Å². The maximum absolute atomic E-state index is 14.0. The number of aryl methyl sites for hydroxylation is 1. The smallest absolute Gasteiger partial charge is 0.262 e. The highest BCUT2D eigenvalue weighted by Crippen LogP contribution is 2.26. The maximum atomic E-state index is 14.0. The van der Waals surface area contributed by atoms with Gasteiger partial charge in [0.05, 0.1) is 51.8 Å². The first kappa shape index (κ1) is 21.8. The van der Waals surface area contributed by atoms with Gasteiger partial charge >= 0.3 is 0 Å². The number of aromatic nitrogens is 3. The number of pyridine rings is 1. The second-order valence-corrected chi connectivity index (χ2v) is 7.25. The first-order chi connectivity index (χ1) is 15.1. The van der Waals surface area contributed by atoms with E-state index in [2.05, 4.69) is 10.4 Å². The summed E-state index contributed by atoms with van der Waals surface area (Å²) in [5.74, 6) is -2.97. The number of halogens is 3. The summed E-state index contributed by atoms with van der Waals surface area (Å²) in [5.41, 5.74) is -0.406. The number of rotatable bonds is 5. The van der Waals surface area contributed by atoms with Crippen LogP contribution < -0.4 is 10.9 Å². The molecule has 2 aromatic heterocycles. The highest BCUT2D eigenvalue weighted by Gasteiger charge is 2.22. The number of carbonyl (C=O) groups excluding carboxylic acids is 1. The van der Waals surface area contributed by atoms with Crippen molar-refractivity contribution in [2.45, 2.75) is 18.2 Å². The van der Waals surface area contributed by atoms with Gasteiger partial charge in [-0.25, -0.2) is 13.2 Å². The Balaban J connectivity index is 1.74. The van der Waals surface area contributed by atoms with Crippen LogP contribution in [0.25, 0.3) is 21.8 Å². The Morgan fingerprint density at radius 1 is 1.03 bits per heavy atom. The van der Waals surface area contributed by atoms with Gasteiger partial charge < -0.3 is 9.88 Å². The van der Waals surface area contributed by atoms with Crippen molar-refractivity contribution in [2.75, 3.05) is 5.32 Å². The molecule has 0 fully saturated rings. The van der Waals surface area contributed by atoms with Gasteiger partial charge in [-0.05, 0) is 35.6 Å². The van der Waals surface area contributed by atoms with Crippen LogP contribution >= 0.6 is 0 Å². The molecule has 0 unspecified atom stereocenters. The minimum Gasteiger partial charge on any atom is -0.324 e. The van der Waals surface area contributed by atoms with Crippen LogP contribution in [0, 0.1) is 17.5 Å². The second-order valence-electron chi connectivity index (χ2n) is 7.25. The zero-order chi connectivity index (χ0) is 23.2. The average Bonchev–Trinajstić information content (AvgIpc) is 3.16. The third-order valence-corrected chi connectivity index (χ3v) is 4.89. The number of nitrogens with zero attached hydrogens (tertiary/aromatic N) is 3. The standard InChI is InChI=1S/C20H12B3F3N4O2/c21-20(22,23)30-18-12-3-1-11(25)8-16(12)29(19(32)13(18)9-27-30)6-5-17(31)28-15-4-2-10(24)7-14(15)26/h1-4,7-9H,5-6H2,(H,28,31). The third-order valence-electron chi connectivity index (χ3n) is 4.89. The van der Waals surface area contributed by atoms with E-state index in [1.807, 2.05) is 0 Å². The Hall–Kier alpha value is -3.43. The zero-order valence-corrected chi connectivity index (χ0v) is 16.5. The molecular weight excluding hydrogens is 418 g/mol. The van der Waals surface area contributed by atoms with E-state index < -0.39 is 34.2 Å². The highest BCUT2D eigenvalue weighted by molar-refractivity contribution is 6.56. The third kappa shape index (κ3) is 3.92. The lowest BCUT2D eigenvalue weighted by Gasteiger charge is -2.23. The summed E-state index contributed by atoms with van der Waals surface area (Å²) in [6.45, 7) is -0.159. The van der Waals surface area contributed by atoms with Crippen LogP contribution in [0.5, 0.6) is 0 Å². The summed E-state index contributed by atoms with van der Waals surface area (Å²) >= 11 is 0. The molecule has 32 heavy (non-hydrogen) atoms. The van der Waals surface area contributed by atoms with Crippen LogP contribution in [0.1, 0.15) is 6.42 Å². The van der Waals surface area contributed by atoms with E-state index in [1.165, 1.54) is 22.9 Å². The summed E-state index contributed by atoms with van der Waals surface area (Å²) in [7, 11) is 17.2.